The van der Waals surface area contributed by atoms with E-state index in [1.807, 2.05) is 50.2 Å². The van der Waals surface area contributed by atoms with E-state index in [0.29, 0.717) is 43.1 Å². The van der Waals surface area contributed by atoms with E-state index in [4.69, 9.17) is 9.15 Å². The molecule has 0 unspecified atom stereocenters. The highest BCUT2D eigenvalue weighted by atomic mass is 32.2. The Kier molecular flexibility index (Phi) is 5.84. The van der Waals surface area contributed by atoms with Crippen LogP contribution in [0.15, 0.2) is 63.9 Å². The summed E-state index contributed by atoms with van der Waals surface area (Å²) in [6.45, 7) is 4.95. The molecule has 0 radical (unpaired) electrons. The smallest absolute Gasteiger partial charge is 0.254 e. The van der Waals surface area contributed by atoms with Gasteiger partial charge in [-0.2, -0.15) is 0 Å². The summed E-state index contributed by atoms with van der Waals surface area (Å²) in [7, 11) is -3.35. The molecule has 5 rings (SSSR count). The Morgan fingerprint density at radius 1 is 1.06 bits per heavy atom. The number of aryl methyl sites for hydroxylation is 2. The largest absolute Gasteiger partial charge is 0.491 e. The number of hydrogen-bond acceptors (Lipinski definition) is 6. The lowest BCUT2D eigenvalue weighted by Crippen LogP contribution is -2.33. The SMILES string of the molecule is CCc1cc(S(C)(=O)=O)ccc1C(=O)N1CCOc2ccc(-c3ccc4oc(C)nc4c3)cc2C1. The molecule has 180 valence electrons. The molecule has 1 amide bonds. The van der Waals surface area contributed by atoms with E-state index < -0.39 is 9.84 Å². The van der Waals surface area contributed by atoms with Crippen molar-refractivity contribution in [3.63, 3.8) is 0 Å². The Balaban J connectivity index is 1.46. The first-order chi connectivity index (χ1) is 16.7. The zero-order chi connectivity index (χ0) is 24.7. The molecule has 0 saturated heterocycles. The minimum atomic E-state index is -3.35. The molecule has 0 aliphatic carbocycles. The number of sulfone groups is 1. The minimum Gasteiger partial charge on any atom is -0.491 e. The van der Waals surface area contributed by atoms with Crippen molar-refractivity contribution in [2.24, 2.45) is 0 Å². The first-order valence-electron chi connectivity index (χ1n) is 11.5. The van der Waals surface area contributed by atoms with Gasteiger partial charge in [0.05, 0.1) is 11.4 Å². The number of rotatable bonds is 4. The lowest BCUT2D eigenvalue weighted by Gasteiger charge is -2.22. The van der Waals surface area contributed by atoms with Gasteiger partial charge in [0.2, 0.25) is 0 Å². The summed E-state index contributed by atoms with van der Waals surface area (Å²) in [5.41, 5.74) is 5.69. The third-order valence-electron chi connectivity index (χ3n) is 6.27. The molecular weight excluding hydrogens is 464 g/mol. The van der Waals surface area contributed by atoms with Crippen molar-refractivity contribution in [3.05, 3.63) is 77.2 Å². The van der Waals surface area contributed by atoms with Gasteiger partial charge in [0.15, 0.2) is 21.3 Å². The number of carbonyl (C=O) groups is 1. The molecule has 0 bridgehead atoms. The zero-order valence-corrected chi connectivity index (χ0v) is 20.7. The van der Waals surface area contributed by atoms with Crippen LogP contribution in [0.3, 0.4) is 0 Å². The van der Waals surface area contributed by atoms with Gasteiger partial charge in [0.25, 0.3) is 5.91 Å². The summed E-state index contributed by atoms with van der Waals surface area (Å²) in [4.78, 5) is 19.9. The Morgan fingerprint density at radius 3 is 2.60 bits per heavy atom. The third kappa shape index (κ3) is 4.53. The fourth-order valence-corrected chi connectivity index (χ4v) is 5.11. The van der Waals surface area contributed by atoms with Crippen LogP contribution in [0.4, 0.5) is 0 Å². The maximum atomic E-state index is 13.5. The molecule has 2 heterocycles. The van der Waals surface area contributed by atoms with Gasteiger partial charge in [-0.15, -0.1) is 0 Å². The van der Waals surface area contributed by atoms with Gasteiger partial charge in [0, 0.05) is 30.9 Å². The zero-order valence-electron chi connectivity index (χ0n) is 19.9. The van der Waals surface area contributed by atoms with Crippen molar-refractivity contribution in [3.8, 4) is 16.9 Å². The molecular formula is C27H26N2O5S. The van der Waals surface area contributed by atoms with Crippen molar-refractivity contribution in [1.29, 1.82) is 0 Å². The summed E-state index contributed by atoms with van der Waals surface area (Å²) < 4.78 is 35.5. The van der Waals surface area contributed by atoms with Crippen molar-refractivity contribution in [2.45, 2.75) is 31.7 Å². The number of ether oxygens (including phenoxy) is 1. The monoisotopic (exact) mass is 490 g/mol. The summed E-state index contributed by atoms with van der Waals surface area (Å²) in [5.74, 6) is 1.24. The third-order valence-corrected chi connectivity index (χ3v) is 7.38. The summed E-state index contributed by atoms with van der Waals surface area (Å²) in [5, 5.41) is 0. The van der Waals surface area contributed by atoms with Crippen molar-refractivity contribution in [1.82, 2.24) is 9.88 Å². The van der Waals surface area contributed by atoms with Gasteiger partial charge in [-0.25, -0.2) is 13.4 Å². The Hall–Kier alpha value is -3.65. The van der Waals surface area contributed by atoms with E-state index >= 15 is 0 Å². The van der Waals surface area contributed by atoms with Crippen LogP contribution < -0.4 is 4.74 Å². The number of hydrogen-bond donors (Lipinski definition) is 0. The number of carbonyl (C=O) groups excluding carboxylic acids is 1. The molecule has 35 heavy (non-hydrogen) atoms. The number of aromatic nitrogens is 1. The van der Waals surface area contributed by atoms with Crippen molar-refractivity contribution in [2.75, 3.05) is 19.4 Å². The maximum absolute atomic E-state index is 13.5. The minimum absolute atomic E-state index is 0.136. The number of oxazole rings is 1. The van der Waals surface area contributed by atoms with E-state index in [-0.39, 0.29) is 10.8 Å². The highest BCUT2D eigenvalue weighted by molar-refractivity contribution is 7.90. The van der Waals surface area contributed by atoms with Crippen LogP contribution in [-0.4, -0.2) is 43.6 Å². The van der Waals surface area contributed by atoms with Crippen LogP contribution in [0.5, 0.6) is 5.75 Å². The molecule has 3 aromatic carbocycles. The normalized spacial score (nSPS) is 13.9. The molecule has 1 aliphatic rings. The summed E-state index contributed by atoms with van der Waals surface area (Å²) >= 11 is 0. The standard InChI is InChI=1S/C27H26N2O5S/c1-4-18-14-22(35(3,31)32)7-8-23(18)27(30)29-11-12-33-25-9-5-19(13-21(25)16-29)20-6-10-26-24(15-20)28-17(2)34-26/h5-10,13-15H,4,11-12,16H2,1-3H3. The van der Waals surface area contributed by atoms with Gasteiger partial charge in [-0.1, -0.05) is 19.1 Å². The number of amides is 1. The number of nitrogens with zero attached hydrogens (tertiary/aromatic N) is 2. The second-order valence-electron chi connectivity index (χ2n) is 8.76. The van der Waals surface area contributed by atoms with Crippen LogP contribution in [0.1, 0.15) is 34.3 Å². The summed E-state index contributed by atoms with van der Waals surface area (Å²) in [6.07, 6.45) is 1.73. The van der Waals surface area contributed by atoms with E-state index in [9.17, 15) is 13.2 Å². The van der Waals surface area contributed by atoms with Crippen LogP contribution >= 0.6 is 0 Å². The van der Waals surface area contributed by atoms with Crippen molar-refractivity contribution >= 4 is 26.8 Å². The lowest BCUT2D eigenvalue weighted by atomic mass is 10.0. The Morgan fingerprint density at radius 2 is 1.83 bits per heavy atom. The van der Waals surface area contributed by atoms with Crippen LogP contribution in [-0.2, 0) is 22.8 Å². The molecule has 0 fully saturated rings. The van der Waals surface area contributed by atoms with Gasteiger partial charge in [-0.3, -0.25) is 4.79 Å². The first-order valence-corrected chi connectivity index (χ1v) is 13.4. The topological polar surface area (TPSA) is 89.7 Å². The van der Waals surface area contributed by atoms with Crippen LogP contribution in [0.25, 0.3) is 22.2 Å². The molecule has 1 aliphatic heterocycles. The molecule has 4 aromatic rings. The highest BCUT2D eigenvalue weighted by Gasteiger charge is 2.24. The Bertz CT molecular complexity index is 1560. The number of fused-ring (bicyclic) bond motifs is 2. The summed E-state index contributed by atoms with van der Waals surface area (Å²) in [6, 6.07) is 16.6. The van der Waals surface area contributed by atoms with E-state index in [1.54, 1.807) is 17.0 Å². The number of benzene rings is 3. The lowest BCUT2D eigenvalue weighted by molar-refractivity contribution is 0.0732. The van der Waals surface area contributed by atoms with E-state index in [0.717, 1.165) is 33.5 Å². The second-order valence-corrected chi connectivity index (χ2v) is 10.8. The fourth-order valence-electron chi connectivity index (χ4n) is 4.44. The van der Waals surface area contributed by atoms with E-state index in [2.05, 4.69) is 4.98 Å². The molecule has 0 spiro atoms. The molecule has 0 N–H and O–H groups in total. The second kappa shape index (κ2) is 8.85. The first kappa shape index (κ1) is 23.1. The quantitative estimate of drug-likeness (QED) is 0.408. The van der Waals surface area contributed by atoms with Gasteiger partial charge >= 0.3 is 0 Å². The van der Waals surface area contributed by atoms with Crippen LogP contribution in [0, 0.1) is 6.92 Å². The molecule has 0 saturated carbocycles. The molecule has 8 heteroatoms. The van der Waals surface area contributed by atoms with Crippen molar-refractivity contribution < 1.29 is 22.4 Å². The average Bonchev–Trinajstić information content (AvgIpc) is 3.08. The average molecular weight is 491 g/mol. The molecule has 0 atom stereocenters. The predicted molar refractivity (Wildman–Crippen MR) is 133 cm³/mol. The fraction of sp³-hybridized carbons (Fsp3) is 0.259. The Labute approximate surface area is 204 Å². The van der Waals surface area contributed by atoms with Gasteiger partial charge in [-0.05, 0) is 65.6 Å². The van der Waals surface area contributed by atoms with Gasteiger partial charge < -0.3 is 14.1 Å². The maximum Gasteiger partial charge on any atom is 0.254 e. The highest BCUT2D eigenvalue weighted by Crippen LogP contribution is 2.32. The predicted octanol–water partition coefficient (Wildman–Crippen LogP) is 4.80. The molecule has 1 aromatic heterocycles. The molecule has 7 nitrogen and oxygen atoms in total. The van der Waals surface area contributed by atoms with E-state index in [1.165, 1.54) is 12.3 Å². The van der Waals surface area contributed by atoms with Gasteiger partial charge in [0.1, 0.15) is 17.9 Å². The van der Waals surface area contributed by atoms with Crippen LogP contribution in [0.2, 0.25) is 0 Å².